The van der Waals surface area contributed by atoms with Gasteiger partial charge in [0.1, 0.15) is 11.5 Å². The van der Waals surface area contributed by atoms with E-state index in [-0.39, 0.29) is 11.3 Å². The molecule has 1 amide bonds. The number of benzene rings is 3. The molecule has 3 aromatic carbocycles. The highest BCUT2D eigenvalue weighted by molar-refractivity contribution is 6.46. The van der Waals surface area contributed by atoms with E-state index in [9.17, 15) is 14.7 Å². The van der Waals surface area contributed by atoms with Crippen molar-refractivity contribution in [1.82, 2.24) is 4.90 Å². The number of hydrogen-bond donors (Lipinski definition) is 1. The van der Waals surface area contributed by atoms with Crippen molar-refractivity contribution in [2.45, 2.75) is 19.4 Å². The molecular formula is C27H25NO4. The summed E-state index contributed by atoms with van der Waals surface area (Å²) in [5.41, 5.74) is 2.43. The van der Waals surface area contributed by atoms with Crippen LogP contribution in [0, 0.1) is 0 Å². The number of likely N-dealkylation sites (tertiary alicyclic amines) is 1. The minimum Gasteiger partial charge on any atom is -0.507 e. The summed E-state index contributed by atoms with van der Waals surface area (Å²) >= 11 is 0. The van der Waals surface area contributed by atoms with E-state index in [1.807, 2.05) is 67.6 Å². The molecule has 5 heteroatoms. The number of rotatable bonds is 7. The molecule has 0 saturated carbocycles. The quantitative estimate of drug-likeness (QED) is 0.336. The fraction of sp³-hybridized carbons (Fsp3) is 0.185. The Bertz CT molecular complexity index is 1120. The number of amides is 1. The molecule has 1 unspecified atom stereocenters. The smallest absolute Gasteiger partial charge is 0.295 e. The van der Waals surface area contributed by atoms with Crippen LogP contribution in [0.1, 0.15) is 29.7 Å². The highest BCUT2D eigenvalue weighted by Gasteiger charge is 2.45. The van der Waals surface area contributed by atoms with Gasteiger partial charge in [0.15, 0.2) is 0 Å². The van der Waals surface area contributed by atoms with Gasteiger partial charge in [-0.25, -0.2) is 0 Å². The molecular weight excluding hydrogens is 402 g/mol. The van der Waals surface area contributed by atoms with Crippen LogP contribution in [0.5, 0.6) is 5.75 Å². The lowest BCUT2D eigenvalue weighted by atomic mass is 9.95. The zero-order valence-corrected chi connectivity index (χ0v) is 17.9. The summed E-state index contributed by atoms with van der Waals surface area (Å²) in [6.07, 6.45) is 0.604. The van der Waals surface area contributed by atoms with Crippen molar-refractivity contribution in [3.8, 4) is 5.75 Å². The molecule has 1 aliphatic rings. The van der Waals surface area contributed by atoms with Crippen molar-refractivity contribution in [2.24, 2.45) is 0 Å². The van der Waals surface area contributed by atoms with Crippen LogP contribution < -0.4 is 4.74 Å². The molecule has 0 bridgehead atoms. The van der Waals surface area contributed by atoms with Crippen LogP contribution in [0.25, 0.3) is 5.76 Å². The van der Waals surface area contributed by atoms with Crippen molar-refractivity contribution in [3.63, 3.8) is 0 Å². The monoisotopic (exact) mass is 427 g/mol. The Morgan fingerprint density at radius 1 is 0.906 bits per heavy atom. The average molecular weight is 428 g/mol. The zero-order chi connectivity index (χ0) is 22.5. The molecule has 3 aromatic rings. The van der Waals surface area contributed by atoms with Gasteiger partial charge in [0, 0.05) is 12.1 Å². The number of carbonyl (C=O) groups is 2. The van der Waals surface area contributed by atoms with Gasteiger partial charge in [-0.05, 0) is 36.6 Å². The summed E-state index contributed by atoms with van der Waals surface area (Å²) in [6.45, 7) is 2.81. The topological polar surface area (TPSA) is 66.8 Å². The molecule has 1 saturated heterocycles. The molecule has 1 N–H and O–H groups in total. The molecule has 1 atom stereocenters. The minimum atomic E-state index is -0.672. The lowest BCUT2D eigenvalue weighted by molar-refractivity contribution is -0.139. The summed E-state index contributed by atoms with van der Waals surface area (Å²) in [4.78, 5) is 27.6. The molecule has 32 heavy (non-hydrogen) atoms. The van der Waals surface area contributed by atoms with E-state index >= 15 is 0 Å². The maximum Gasteiger partial charge on any atom is 0.295 e. The standard InChI is InChI=1S/C27H25NO4/c1-2-32-22-15-13-20(14-16-22)24-23(25(29)21-11-7-4-8-12-21)26(30)27(31)28(24)18-17-19-9-5-3-6-10-19/h3-16,24,29H,2,17-18H2,1H3. The number of aliphatic hydroxyl groups excluding tert-OH is 1. The van der Waals surface area contributed by atoms with E-state index in [0.29, 0.717) is 30.9 Å². The molecule has 1 aliphatic heterocycles. The molecule has 0 aliphatic carbocycles. The number of Topliss-reactive ketones (excluding diaryl/α,β-unsaturated/α-hetero) is 1. The van der Waals surface area contributed by atoms with E-state index in [2.05, 4.69) is 0 Å². The second kappa shape index (κ2) is 9.52. The lowest BCUT2D eigenvalue weighted by Crippen LogP contribution is -2.31. The van der Waals surface area contributed by atoms with Gasteiger partial charge in [0.05, 0.1) is 18.2 Å². The van der Waals surface area contributed by atoms with Gasteiger partial charge in [-0.15, -0.1) is 0 Å². The van der Waals surface area contributed by atoms with Crippen LogP contribution in [0.4, 0.5) is 0 Å². The van der Waals surface area contributed by atoms with Crippen LogP contribution in [0.3, 0.4) is 0 Å². The third-order valence-corrected chi connectivity index (χ3v) is 5.58. The molecule has 1 heterocycles. The number of nitrogens with zero attached hydrogens (tertiary/aromatic N) is 1. The second-order valence-corrected chi connectivity index (χ2v) is 7.60. The van der Waals surface area contributed by atoms with Crippen molar-refractivity contribution < 1.29 is 19.4 Å². The van der Waals surface area contributed by atoms with Crippen LogP contribution in [-0.4, -0.2) is 34.8 Å². The second-order valence-electron chi connectivity index (χ2n) is 7.60. The summed E-state index contributed by atoms with van der Waals surface area (Å²) in [5, 5.41) is 11.0. The first kappa shape index (κ1) is 21.4. The molecule has 1 fully saturated rings. The van der Waals surface area contributed by atoms with Gasteiger partial charge >= 0.3 is 0 Å². The maximum atomic E-state index is 13.1. The van der Waals surface area contributed by atoms with Gasteiger partial charge in [-0.1, -0.05) is 72.8 Å². The fourth-order valence-electron chi connectivity index (χ4n) is 4.02. The Morgan fingerprint density at radius 3 is 2.16 bits per heavy atom. The molecule has 162 valence electrons. The highest BCUT2D eigenvalue weighted by Crippen LogP contribution is 2.39. The Kier molecular flexibility index (Phi) is 6.36. The van der Waals surface area contributed by atoms with Crippen molar-refractivity contribution in [1.29, 1.82) is 0 Å². The third-order valence-electron chi connectivity index (χ3n) is 5.58. The predicted molar refractivity (Wildman–Crippen MR) is 123 cm³/mol. The maximum absolute atomic E-state index is 13.1. The fourth-order valence-corrected chi connectivity index (χ4v) is 4.02. The lowest BCUT2D eigenvalue weighted by Gasteiger charge is -2.25. The van der Waals surface area contributed by atoms with Crippen molar-refractivity contribution in [3.05, 3.63) is 107 Å². The largest absolute Gasteiger partial charge is 0.507 e. The summed E-state index contributed by atoms with van der Waals surface area (Å²) in [6, 6.07) is 25.3. The summed E-state index contributed by atoms with van der Waals surface area (Å²) < 4.78 is 5.53. The summed E-state index contributed by atoms with van der Waals surface area (Å²) in [5.74, 6) is -0.721. The Morgan fingerprint density at radius 2 is 1.53 bits per heavy atom. The van der Waals surface area contributed by atoms with Crippen LogP contribution in [0.15, 0.2) is 90.5 Å². The molecule has 0 radical (unpaired) electrons. The average Bonchev–Trinajstić information content (AvgIpc) is 3.09. The van der Waals surface area contributed by atoms with Gasteiger partial charge in [0.2, 0.25) is 0 Å². The SMILES string of the molecule is CCOc1ccc(C2C(=C(O)c3ccccc3)C(=O)C(=O)N2CCc2ccccc2)cc1. The van der Waals surface area contributed by atoms with Crippen LogP contribution >= 0.6 is 0 Å². The number of aliphatic hydroxyl groups is 1. The van der Waals surface area contributed by atoms with Crippen molar-refractivity contribution >= 4 is 17.4 Å². The number of hydrogen-bond acceptors (Lipinski definition) is 4. The first-order valence-corrected chi connectivity index (χ1v) is 10.7. The number of carbonyl (C=O) groups excluding carboxylic acids is 2. The Hall–Kier alpha value is -3.86. The van der Waals surface area contributed by atoms with Gasteiger partial charge < -0.3 is 14.7 Å². The van der Waals surface area contributed by atoms with E-state index in [0.717, 1.165) is 11.1 Å². The highest BCUT2D eigenvalue weighted by atomic mass is 16.5. The van der Waals surface area contributed by atoms with Crippen LogP contribution in [-0.2, 0) is 16.0 Å². The Labute approximate surface area is 187 Å². The summed E-state index contributed by atoms with van der Waals surface area (Å²) in [7, 11) is 0. The van der Waals surface area contributed by atoms with Crippen LogP contribution in [0.2, 0.25) is 0 Å². The molecule has 4 rings (SSSR count). The van der Waals surface area contributed by atoms with Gasteiger partial charge in [-0.2, -0.15) is 0 Å². The third kappa shape index (κ3) is 4.28. The minimum absolute atomic E-state index is 0.110. The van der Waals surface area contributed by atoms with Gasteiger partial charge in [-0.3, -0.25) is 9.59 Å². The van der Waals surface area contributed by atoms with E-state index < -0.39 is 17.7 Å². The zero-order valence-electron chi connectivity index (χ0n) is 17.9. The van der Waals surface area contributed by atoms with E-state index in [1.165, 1.54) is 0 Å². The molecule has 5 nitrogen and oxygen atoms in total. The van der Waals surface area contributed by atoms with Gasteiger partial charge in [0.25, 0.3) is 11.7 Å². The number of ether oxygens (including phenoxy) is 1. The molecule has 0 aromatic heterocycles. The molecule has 0 spiro atoms. The normalized spacial score (nSPS) is 17.5. The van der Waals surface area contributed by atoms with E-state index in [4.69, 9.17) is 4.74 Å². The van der Waals surface area contributed by atoms with Crippen molar-refractivity contribution in [2.75, 3.05) is 13.2 Å². The predicted octanol–water partition coefficient (Wildman–Crippen LogP) is 4.75. The first-order chi connectivity index (χ1) is 15.6. The van der Waals surface area contributed by atoms with E-state index in [1.54, 1.807) is 29.2 Å². The Balaban J connectivity index is 1.76. The first-order valence-electron chi connectivity index (χ1n) is 10.7. The number of ketones is 1.